The summed E-state index contributed by atoms with van der Waals surface area (Å²) in [5, 5.41) is 0. The Balaban J connectivity index is 1.72. The van der Waals surface area contributed by atoms with Crippen LogP contribution in [0.25, 0.3) is 0 Å². The van der Waals surface area contributed by atoms with Crippen molar-refractivity contribution < 1.29 is 28.8 Å². The number of nitrogens with one attached hydrogen (secondary N) is 1. The number of ether oxygens (including phenoxy) is 2. The van der Waals surface area contributed by atoms with Crippen LogP contribution in [0, 0.1) is 5.92 Å². The molecule has 1 N–H and O–H groups in total. The molecule has 2 saturated heterocycles. The molecular weight excluding hydrogens is 336 g/mol. The van der Waals surface area contributed by atoms with Crippen LogP contribution in [0.15, 0.2) is 24.3 Å². The van der Waals surface area contributed by atoms with E-state index in [1.165, 1.54) is 4.90 Å². The standard InChI is InChI=1S/C19H24N2O5/c1-3-26-19(24)13-5-4-10-20(12-13)16-11-17(22)21(18(16)23)14-6-8-15(25-2)9-7-14/h6-9,13,16H,3-5,10-12H2,1-2H3/p+1/t13-,16+/m0/s1. The van der Waals surface area contributed by atoms with E-state index >= 15 is 0 Å². The van der Waals surface area contributed by atoms with E-state index < -0.39 is 6.04 Å². The van der Waals surface area contributed by atoms with Crippen LogP contribution >= 0.6 is 0 Å². The number of hydrogen-bond donors (Lipinski definition) is 1. The number of esters is 1. The van der Waals surface area contributed by atoms with Crippen molar-refractivity contribution in [1.29, 1.82) is 0 Å². The van der Waals surface area contributed by atoms with E-state index in [1.54, 1.807) is 38.3 Å². The number of nitrogens with zero attached hydrogens (tertiary/aromatic N) is 1. The number of anilines is 1. The highest BCUT2D eigenvalue weighted by Crippen LogP contribution is 2.25. The summed E-state index contributed by atoms with van der Waals surface area (Å²) in [7, 11) is 1.57. The lowest BCUT2D eigenvalue weighted by atomic mass is 9.96. The number of amides is 2. The topological polar surface area (TPSA) is 77.3 Å². The Morgan fingerprint density at radius 2 is 2.00 bits per heavy atom. The van der Waals surface area contributed by atoms with Crippen LogP contribution in [0.3, 0.4) is 0 Å². The average Bonchev–Trinajstić information content (AvgIpc) is 2.96. The Kier molecular flexibility index (Phi) is 5.56. The van der Waals surface area contributed by atoms with Crippen molar-refractivity contribution in [2.24, 2.45) is 5.92 Å². The van der Waals surface area contributed by atoms with Crippen LogP contribution in [-0.2, 0) is 19.1 Å². The van der Waals surface area contributed by atoms with Crippen molar-refractivity contribution in [1.82, 2.24) is 0 Å². The molecule has 140 valence electrons. The van der Waals surface area contributed by atoms with Gasteiger partial charge in [0.05, 0.1) is 38.9 Å². The molecule has 7 heteroatoms. The monoisotopic (exact) mass is 361 g/mol. The lowest BCUT2D eigenvalue weighted by Gasteiger charge is -2.31. The maximum Gasteiger partial charge on any atom is 0.314 e. The third-order valence-electron chi connectivity index (χ3n) is 5.15. The summed E-state index contributed by atoms with van der Waals surface area (Å²) >= 11 is 0. The summed E-state index contributed by atoms with van der Waals surface area (Å²) in [4.78, 5) is 39.7. The molecule has 7 nitrogen and oxygen atoms in total. The van der Waals surface area contributed by atoms with E-state index in [9.17, 15) is 14.4 Å². The van der Waals surface area contributed by atoms with Crippen molar-refractivity contribution in [2.75, 3.05) is 31.7 Å². The minimum Gasteiger partial charge on any atom is -0.497 e. The van der Waals surface area contributed by atoms with Crippen LogP contribution < -0.4 is 14.5 Å². The summed E-state index contributed by atoms with van der Waals surface area (Å²) in [6.45, 7) is 3.48. The molecule has 2 aliphatic heterocycles. The van der Waals surface area contributed by atoms with Gasteiger partial charge in [-0.1, -0.05) is 0 Å². The molecule has 0 aliphatic carbocycles. The van der Waals surface area contributed by atoms with Gasteiger partial charge in [0.15, 0.2) is 6.04 Å². The summed E-state index contributed by atoms with van der Waals surface area (Å²) in [5.41, 5.74) is 0.557. The van der Waals surface area contributed by atoms with E-state index in [4.69, 9.17) is 9.47 Å². The highest BCUT2D eigenvalue weighted by Gasteiger charge is 2.47. The summed E-state index contributed by atoms with van der Waals surface area (Å²) in [5.74, 6) is -0.121. The van der Waals surface area contributed by atoms with Crippen molar-refractivity contribution in [3.8, 4) is 5.75 Å². The van der Waals surface area contributed by atoms with Crippen LogP contribution in [0.4, 0.5) is 5.69 Å². The number of imide groups is 1. The largest absolute Gasteiger partial charge is 0.497 e. The van der Waals surface area contributed by atoms with Gasteiger partial charge in [-0.2, -0.15) is 0 Å². The number of hydrogen-bond acceptors (Lipinski definition) is 5. The van der Waals surface area contributed by atoms with E-state index in [0.29, 0.717) is 24.6 Å². The van der Waals surface area contributed by atoms with E-state index in [1.807, 2.05) is 0 Å². The zero-order valence-electron chi connectivity index (χ0n) is 15.2. The fraction of sp³-hybridized carbons (Fsp3) is 0.526. The van der Waals surface area contributed by atoms with Crippen LogP contribution in [0.1, 0.15) is 26.2 Å². The molecule has 1 unspecified atom stereocenters. The van der Waals surface area contributed by atoms with Gasteiger partial charge in [-0.05, 0) is 44.0 Å². The van der Waals surface area contributed by atoms with Crippen molar-refractivity contribution in [3.05, 3.63) is 24.3 Å². The number of carbonyl (C=O) groups is 3. The molecule has 3 atom stereocenters. The fourth-order valence-electron chi connectivity index (χ4n) is 3.83. The molecule has 0 aromatic heterocycles. The van der Waals surface area contributed by atoms with Crippen molar-refractivity contribution in [3.63, 3.8) is 0 Å². The van der Waals surface area contributed by atoms with Gasteiger partial charge in [0, 0.05) is 0 Å². The predicted octanol–water partition coefficient (Wildman–Crippen LogP) is 0.185. The van der Waals surface area contributed by atoms with Crippen LogP contribution in [0.5, 0.6) is 5.75 Å². The fourth-order valence-corrected chi connectivity index (χ4v) is 3.83. The van der Waals surface area contributed by atoms with E-state index in [2.05, 4.69) is 0 Å². The second kappa shape index (κ2) is 7.86. The smallest absolute Gasteiger partial charge is 0.314 e. The number of methoxy groups -OCH3 is 1. The quantitative estimate of drug-likeness (QED) is 0.598. The Morgan fingerprint density at radius 1 is 1.27 bits per heavy atom. The Bertz CT molecular complexity index is 688. The lowest BCUT2D eigenvalue weighted by molar-refractivity contribution is -0.922. The molecule has 2 amide bonds. The third-order valence-corrected chi connectivity index (χ3v) is 5.15. The molecule has 1 aromatic carbocycles. The van der Waals surface area contributed by atoms with Gasteiger partial charge < -0.3 is 14.4 Å². The van der Waals surface area contributed by atoms with Gasteiger partial charge in [0.1, 0.15) is 11.7 Å². The predicted molar refractivity (Wildman–Crippen MR) is 93.9 cm³/mol. The second-order valence-corrected chi connectivity index (χ2v) is 6.73. The molecule has 3 rings (SSSR count). The molecule has 0 saturated carbocycles. The van der Waals surface area contributed by atoms with Crippen molar-refractivity contribution in [2.45, 2.75) is 32.2 Å². The summed E-state index contributed by atoms with van der Waals surface area (Å²) in [6, 6.07) is 6.46. The Morgan fingerprint density at radius 3 is 2.65 bits per heavy atom. The summed E-state index contributed by atoms with van der Waals surface area (Å²) in [6.07, 6.45) is 1.80. The van der Waals surface area contributed by atoms with Gasteiger partial charge in [0.25, 0.3) is 5.91 Å². The Hall–Kier alpha value is -2.41. The highest BCUT2D eigenvalue weighted by molar-refractivity contribution is 6.21. The molecule has 0 radical (unpaired) electrons. The van der Waals surface area contributed by atoms with Crippen LogP contribution in [-0.4, -0.2) is 50.6 Å². The van der Waals surface area contributed by atoms with Crippen molar-refractivity contribution >= 4 is 23.5 Å². The van der Waals surface area contributed by atoms with E-state index in [-0.39, 0.29) is 30.1 Å². The van der Waals surface area contributed by atoms with E-state index in [0.717, 1.165) is 24.3 Å². The molecule has 1 aromatic rings. The summed E-state index contributed by atoms with van der Waals surface area (Å²) < 4.78 is 10.2. The minimum atomic E-state index is -0.429. The Labute approximate surface area is 152 Å². The molecule has 2 aliphatic rings. The van der Waals surface area contributed by atoms with Gasteiger partial charge in [-0.25, -0.2) is 4.90 Å². The van der Waals surface area contributed by atoms with Crippen LogP contribution in [0.2, 0.25) is 0 Å². The normalized spacial score (nSPS) is 26.1. The molecule has 2 fully saturated rings. The SMILES string of the molecule is CCOC(=O)[C@H]1CCC[NH+]([C@@H]2CC(=O)N(c3ccc(OC)cc3)C2=O)C1. The number of piperidine rings is 1. The number of benzene rings is 1. The lowest BCUT2D eigenvalue weighted by Crippen LogP contribution is -3.18. The zero-order valence-corrected chi connectivity index (χ0v) is 15.2. The first-order valence-electron chi connectivity index (χ1n) is 9.07. The van der Waals surface area contributed by atoms with Gasteiger partial charge in [-0.15, -0.1) is 0 Å². The molecule has 0 bridgehead atoms. The first kappa shape index (κ1) is 18.4. The first-order chi connectivity index (χ1) is 12.5. The molecule has 26 heavy (non-hydrogen) atoms. The molecule has 2 heterocycles. The van der Waals surface area contributed by atoms with Gasteiger partial charge >= 0.3 is 5.97 Å². The maximum absolute atomic E-state index is 12.9. The third kappa shape index (κ3) is 3.58. The second-order valence-electron chi connectivity index (χ2n) is 6.73. The van der Waals surface area contributed by atoms with Gasteiger partial charge in [-0.3, -0.25) is 14.4 Å². The number of quaternary nitrogens is 1. The zero-order chi connectivity index (χ0) is 18.7. The number of rotatable bonds is 5. The average molecular weight is 361 g/mol. The molecular formula is C19H25N2O5+. The highest BCUT2D eigenvalue weighted by atomic mass is 16.5. The maximum atomic E-state index is 12.9. The van der Waals surface area contributed by atoms with Gasteiger partial charge in [0.2, 0.25) is 5.91 Å². The first-order valence-corrected chi connectivity index (χ1v) is 9.07. The number of carbonyl (C=O) groups excluding carboxylic acids is 3. The molecule has 0 spiro atoms. The minimum absolute atomic E-state index is 0.176. The number of likely N-dealkylation sites (tertiary alicyclic amines) is 1.